The number of aliphatic hydroxyl groups excluding tert-OH is 1. The summed E-state index contributed by atoms with van der Waals surface area (Å²) in [5.74, 6) is -1.24. The number of amides is 2. The molecule has 0 heterocycles. The first kappa shape index (κ1) is 17.3. The van der Waals surface area contributed by atoms with Crippen molar-refractivity contribution in [1.82, 2.24) is 5.32 Å². The van der Waals surface area contributed by atoms with Crippen LogP contribution in [0, 0.1) is 5.92 Å². The molecule has 0 unspecified atom stereocenters. The SMILES string of the molecule is NC(=O)[C@H](CC1CC1)NC(=O)[C@H](O)c1ccc(C(F)(F)F)cc1. The number of carbonyl (C=O) groups is 2. The minimum atomic E-state index is -4.49. The molecule has 0 radical (unpaired) electrons. The first-order valence-electron chi connectivity index (χ1n) is 7.13. The van der Waals surface area contributed by atoms with E-state index in [1.54, 1.807) is 0 Å². The summed E-state index contributed by atoms with van der Waals surface area (Å²) < 4.78 is 37.4. The molecular formula is C15H17F3N2O3. The molecule has 0 saturated heterocycles. The fraction of sp³-hybridized carbons (Fsp3) is 0.467. The predicted molar refractivity (Wildman–Crippen MR) is 74.9 cm³/mol. The van der Waals surface area contributed by atoms with Crippen LogP contribution >= 0.6 is 0 Å². The smallest absolute Gasteiger partial charge is 0.378 e. The van der Waals surface area contributed by atoms with Crippen molar-refractivity contribution in [2.45, 2.75) is 37.6 Å². The number of aliphatic hydroxyl groups is 1. The highest BCUT2D eigenvalue weighted by Crippen LogP contribution is 2.33. The second-order valence-corrected chi connectivity index (χ2v) is 5.66. The van der Waals surface area contributed by atoms with Crippen LogP contribution in [-0.2, 0) is 15.8 Å². The fourth-order valence-corrected chi connectivity index (χ4v) is 2.19. The molecule has 126 valence electrons. The van der Waals surface area contributed by atoms with Crippen LogP contribution in [0.1, 0.15) is 36.5 Å². The molecule has 2 amide bonds. The molecule has 1 saturated carbocycles. The van der Waals surface area contributed by atoms with Gasteiger partial charge in [0.25, 0.3) is 5.91 Å². The number of hydrogen-bond acceptors (Lipinski definition) is 3. The lowest BCUT2D eigenvalue weighted by Gasteiger charge is -2.18. The Hall–Kier alpha value is -2.09. The number of rotatable bonds is 6. The molecule has 5 nitrogen and oxygen atoms in total. The van der Waals surface area contributed by atoms with E-state index in [0.29, 0.717) is 12.3 Å². The van der Waals surface area contributed by atoms with E-state index in [9.17, 15) is 27.9 Å². The first-order valence-corrected chi connectivity index (χ1v) is 7.13. The minimum absolute atomic E-state index is 0.00476. The molecule has 1 aliphatic carbocycles. The summed E-state index contributed by atoms with van der Waals surface area (Å²) in [5.41, 5.74) is 4.33. The Morgan fingerprint density at radius 2 is 1.83 bits per heavy atom. The van der Waals surface area contributed by atoms with Gasteiger partial charge in [0.05, 0.1) is 5.56 Å². The Morgan fingerprint density at radius 3 is 2.26 bits per heavy atom. The van der Waals surface area contributed by atoms with E-state index in [0.717, 1.165) is 37.1 Å². The molecule has 0 aromatic heterocycles. The minimum Gasteiger partial charge on any atom is -0.378 e. The fourth-order valence-electron chi connectivity index (χ4n) is 2.19. The zero-order valence-electron chi connectivity index (χ0n) is 12.1. The van der Waals surface area contributed by atoms with Gasteiger partial charge in [0.15, 0.2) is 6.10 Å². The third kappa shape index (κ3) is 4.69. The highest BCUT2D eigenvalue weighted by molar-refractivity contribution is 5.89. The largest absolute Gasteiger partial charge is 0.416 e. The summed E-state index contributed by atoms with van der Waals surface area (Å²) in [6, 6.07) is 2.71. The zero-order valence-corrected chi connectivity index (χ0v) is 12.1. The molecule has 4 N–H and O–H groups in total. The Morgan fingerprint density at radius 1 is 1.26 bits per heavy atom. The molecule has 0 aliphatic heterocycles. The number of benzene rings is 1. The van der Waals surface area contributed by atoms with E-state index >= 15 is 0 Å². The number of carbonyl (C=O) groups excluding carboxylic acids is 2. The molecule has 0 spiro atoms. The Kier molecular flexibility index (Phi) is 4.93. The first-order chi connectivity index (χ1) is 10.7. The quantitative estimate of drug-likeness (QED) is 0.738. The van der Waals surface area contributed by atoms with Gasteiger partial charge in [-0.2, -0.15) is 13.2 Å². The summed E-state index contributed by atoms with van der Waals surface area (Å²) >= 11 is 0. The summed E-state index contributed by atoms with van der Waals surface area (Å²) in [6.07, 6.45) is -3.84. The van der Waals surface area contributed by atoms with Crippen LogP contribution < -0.4 is 11.1 Å². The van der Waals surface area contributed by atoms with Gasteiger partial charge < -0.3 is 16.2 Å². The molecule has 2 atom stereocenters. The second kappa shape index (κ2) is 6.57. The molecule has 0 bridgehead atoms. The van der Waals surface area contributed by atoms with Crippen molar-refractivity contribution in [3.05, 3.63) is 35.4 Å². The second-order valence-electron chi connectivity index (χ2n) is 5.66. The third-order valence-electron chi connectivity index (χ3n) is 3.73. The average Bonchev–Trinajstić information content (AvgIpc) is 3.28. The maximum atomic E-state index is 12.5. The van der Waals surface area contributed by atoms with Crippen molar-refractivity contribution in [3.8, 4) is 0 Å². The number of nitrogens with two attached hydrogens (primary N) is 1. The lowest BCUT2D eigenvalue weighted by molar-refractivity contribution is -0.137. The van der Waals surface area contributed by atoms with Gasteiger partial charge >= 0.3 is 6.18 Å². The van der Waals surface area contributed by atoms with Crippen LogP contribution in [0.2, 0.25) is 0 Å². The summed E-state index contributed by atoms with van der Waals surface area (Å²) in [6.45, 7) is 0. The third-order valence-corrected chi connectivity index (χ3v) is 3.73. The van der Waals surface area contributed by atoms with E-state index in [2.05, 4.69) is 5.32 Å². The van der Waals surface area contributed by atoms with Gasteiger partial charge in [-0.1, -0.05) is 25.0 Å². The van der Waals surface area contributed by atoms with E-state index in [1.165, 1.54) is 0 Å². The maximum absolute atomic E-state index is 12.5. The van der Waals surface area contributed by atoms with Gasteiger partial charge in [0, 0.05) is 0 Å². The molecule has 8 heteroatoms. The van der Waals surface area contributed by atoms with Crippen LogP contribution in [0.15, 0.2) is 24.3 Å². The maximum Gasteiger partial charge on any atom is 0.416 e. The molecule has 1 fully saturated rings. The van der Waals surface area contributed by atoms with Crippen molar-refractivity contribution >= 4 is 11.8 Å². The van der Waals surface area contributed by atoms with E-state index in [1.807, 2.05) is 0 Å². The van der Waals surface area contributed by atoms with Gasteiger partial charge in [0.2, 0.25) is 5.91 Å². The van der Waals surface area contributed by atoms with Gasteiger partial charge in [-0.25, -0.2) is 0 Å². The monoisotopic (exact) mass is 330 g/mol. The van der Waals surface area contributed by atoms with Gasteiger partial charge in [-0.3, -0.25) is 9.59 Å². The predicted octanol–water partition coefficient (Wildman–Crippen LogP) is 1.51. The highest BCUT2D eigenvalue weighted by Gasteiger charge is 2.32. The van der Waals surface area contributed by atoms with Crippen molar-refractivity contribution in [2.75, 3.05) is 0 Å². The van der Waals surface area contributed by atoms with Gasteiger partial charge in [-0.05, 0) is 30.0 Å². The van der Waals surface area contributed by atoms with Crippen LogP contribution in [0.25, 0.3) is 0 Å². The van der Waals surface area contributed by atoms with Crippen LogP contribution in [0.5, 0.6) is 0 Å². The zero-order chi connectivity index (χ0) is 17.2. The topological polar surface area (TPSA) is 92.4 Å². The van der Waals surface area contributed by atoms with Gasteiger partial charge in [0.1, 0.15) is 6.04 Å². The standard InChI is InChI=1S/C15H17F3N2O3/c16-15(17,18)10-5-3-9(4-6-10)12(21)14(23)20-11(13(19)22)7-8-1-2-8/h3-6,8,11-12,21H,1-2,7H2,(H2,19,22)(H,20,23)/t11-,12+/m0/s1. The lowest BCUT2D eigenvalue weighted by Crippen LogP contribution is -2.46. The molecular weight excluding hydrogens is 313 g/mol. The van der Waals surface area contributed by atoms with Crippen LogP contribution in [-0.4, -0.2) is 23.0 Å². The molecule has 23 heavy (non-hydrogen) atoms. The number of primary amides is 1. The van der Waals surface area contributed by atoms with Crippen molar-refractivity contribution < 1.29 is 27.9 Å². The Balaban J connectivity index is 2.01. The van der Waals surface area contributed by atoms with Crippen molar-refractivity contribution in [2.24, 2.45) is 11.7 Å². The average molecular weight is 330 g/mol. The highest BCUT2D eigenvalue weighted by atomic mass is 19.4. The number of nitrogens with one attached hydrogen (secondary N) is 1. The Bertz CT molecular complexity index is 583. The molecule has 1 aliphatic rings. The molecule has 1 aromatic carbocycles. The van der Waals surface area contributed by atoms with Crippen LogP contribution in [0.4, 0.5) is 13.2 Å². The van der Waals surface area contributed by atoms with Crippen molar-refractivity contribution in [3.63, 3.8) is 0 Å². The summed E-state index contributed by atoms with van der Waals surface area (Å²) in [4.78, 5) is 23.3. The number of hydrogen-bond donors (Lipinski definition) is 3. The molecule has 1 aromatic rings. The van der Waals surface area contributed by atoms with E-state index < -0.39 is 35.7 Å². The van der Waals surface area contributed by atoms with Crippen molar-refractivity contribution in [1.29, 1.82) is 0 Å². The number of halogens is 3. The van der Waals surface area contributed by atoms with Gasteiger partial charge in [-0.15, -0.1) is 0 Å². The Labute approximate surface area is 130 Å². The van der Waals surface area contributed by atoms with E-state index in [4.69, 9.17) is 5.73 Å². The number of alkyl halides is 3. The molecule has 2 rings (SSSR count). The normalized spacial score (nSPS) is 17.4. The summed E-state index contributed by atoms with van der Waals surface area (Å²) in [7, 11) is 0. The van der Waals surface area contributed by atoms with E-state index in [-0.39, 0.29) is 5.56 Å². The summed E-state index contributed by atoms with van der Waals surface area (Å²) in [5, 5.41) is 12.3. The lowest BCUT2D eigenvalue weighted by atomic mass is 10.0. The van der Waals surface area contributed by atoms with Crippen LogP contribution in [0.3, 0.4) is 0 Å².